The summed E-state index contributed by atoms with van der Waals surface area (Å²) in [4.78, 5) is 2.07. The van der Waals surface area contributed by atoms with Crippen LogP contribution in [0.15, 0.2) is 18.2 Å². The molecule has 2 nitrogen and oxygen atoms in total. The highest BCUT2D eigenvalue weighted by Crippen LogP contribution is 2.34. The van der Waals surface area contributed by atoms with E-state index in [1.165, 1.54) is 25.3 Å². The molecule has 0 atom stereocenters. The molecule has 0 bridgehead atoms. The normalized spacial score (nSPS) is 15.6. The molecule has 1 aromatic rings. The van der Waals surface area contributed by atoms with Gasteiger partial charge in [-0.05, 0) is 43.9 Å². The number of hydrogen-bond acceptors (Lipinski definition) is 2. The lowest BCUT2D eigenvalue weighted by Gasteiger charge is -2.34. The van der Waals surface area contributed by atoms with Gasteiger partial charge in [-0.2, -0.15) is 13.2 Å². The van der Waals surface area contributed by atoms with E-state index in [0.717, 1.165) is 25.2 Å². The third-order valence-electron chi connectivity index (χ3n) is 4.02. The van der Waals surface area contributed by atoms with E-state index in [-0.39, 0.29) is 4.99 Å². The van der Waals surface area contributed by atoms with E-state index in [9.17, 15) is 13.2 Å². The molecule has 0 aromatic heterocycles. The van der Waals surface area contributed by atoms with Crippen molar-refractivity contribution in [1.29, 1.82) is 0 Å². The van der Waals surface area contributed by atoms with E-state index < -0.39 is 11.7 Å². The highest BCUT2D eigenvalue weighted by molar-refractivity contribution is 7.80. The van der Waals surface area contributed by atoms with Crippen molar-refractivity contribution in [2.75, 3.05) is 18.0 Å². The van der Waals surface area contributed by atoms with Gasteiger partial charge in [0.1, 0.15) is 4.99 Å². The topological polar surface area (TPSA) is 29.3 Å². The van der Waals surface area contributed by atoms with E-state index in [2.05, 4.69) is 4.90 Å². The second-order valence-electron chi connectivity index (χ2n) is 5.43. The molecule has 1 saturated carbocycles. The maximum Gasteiger partial charge on any atom is 0.416 e. The number of anilines is 1. The highest BCUT2D eigenvalue weighted by atomic mass is 32.1. The summed E-state index contributed by atoms with van der Waals surface area (Å²) in [7, 11) is 0. The fourth-order valence-electron chi connectivity index (χ4n) is 2.57. The SMILES string of the molecule is CCN(CC1CCC1)c1ccc(C(F)(F)F)cc1C(N)=S. The van der Waals surface area contributed by atoms with Crippen LogP contribution >= 0.6 is 12.2 Å². The monoisotopic (exact) mass is 316 g/mol. The molecule has 116 valence electrons. The van der Waals surface area contributed by atoms with Gasteiger partial charge in [0.05, 0.1) is 5.56 Å². The molecule has 0 spiro atoms. The van der Waals surface area contributed by atoms with Crippen molar-refractivity contribution in [3.63, 3.8) is 0 Å². The Morgan fingerprint density at radius 2 is 2.05 bits per heavy atom. The van der Waals surface area contributed by atoms with Gasteiger partial charge in [-0.1, -0.05) is 18.6 Å². The van der Waals surface area contributed by atoms with Gasteiger partial charge in [-0.25, -0.2) is 0 Å². The molecular formula is C15H19F3N2S. The first-order valence-electron chi connectivity index (χ1n) is 7.09. The van der Waals surface area contributed by atoms with E-state index in [1.54, 1.807) is 0 Å². The summed E-state index contributed by atoms with van der Waals surface area (Å²) >= 11 is 4.94. The summed E-state index contributed by atoms with van der Waals surface area (Å²) in [6.45, 7) is 3.55. The Hall–Kier alpha value is -1.30. The van der Waals surface area contributed by atoms with Gasteiger partial charge < -0.3 is 10.6 Å². The zero-order valence-electron chi connectivity index (χ0n) is 11.9. The lowest BCUT2D eigenvalue weighted by molar-refractivity contribution is -0.137. The molecule has 2 rings (SSSR count). The molecule has 0 amide bonds. The minimum absolute atomic E-state index is 0.00293. The molecule has 21 heavy (non-hydrogen) atoms. The van der Waals surface area contributed by atoms with Crippen molar-refractivity contribution < 1.29 is 13.2 Å². The molecule has 0 aliphatic heterocycles. The van der Waals surface area contributed by atoms with Gasteiger partial charge in [0.2, 0.25) is 0 Å². The number of halogens is 3. The van der Waals surface area contributed by atoms with Crippen LogP contribution in [0.3, 0.4) is 0 Å². The molecular weight excluding hydrogens is 297 g/mol. The molecule has 0 saturated heterocycles. The van der Waals surface area contributed by atoms with Crippen molar-refractivity contribution in [2.24, 2.45) is 11.7 Å². The Balaban J connectivity index is 2.34. The average molecular weight is 316 g/mol. The minimum atomic E-state index is -4.39. The number of rotatable bonds is 5. The van der Waals surface area contributed by atoms with E-state index >= 15 is 0 Å². The summed E-state index contributed by atoms with van der Waals surface area (Å²) in [5.41, 5.74) is 5.93. The lowest BCUT2D eigenvalue weighted by atomic mass is 9.85. The predicted molar refractivity (Wildman–Crippen MR) is 82.6 cm³/mol. The summed E-state index contributed by atoms with van der Waals surface area (Å²) in [5, 5.41) is 0. The number of alkyl halides is 3. The number of hydrogen-bond donors (Lipinski definition) is 1. The van der Waals surface area contributed by atoms with Crippen molar-refractivity contribution in [2.45, 2.75) is 32.4 Å². The van der Waals surface area contributed by atoms with Crippen molar-refractivity contribution in [1.82, 2.24) is 0 Å². The Kier molecular flexibility index (Phi) is 4.76. The average Bonchev–Trinajstić information content (AvgIpc) is 2.36. The second kappa shape index (κ2) is 6.22. The second-order valence-corrected chi connectivity index (χ2v) is 5.87. The smallest absolute Gasteiger partial charge is 0.389 e. The zero-order chi connectivity index (χ0) is 15.6. The number of benzene rings is 1. The molecule has 0 heterocycles. The Labute approximate surface area is 128 Å². The third kappa shape index (κ3) is 3.67. The molecule has 1 aromatic carbocycles. The summed E-state index contributed by atoms with van der Waals surface area (Å²) in [6.07, 6.45) is -0.792. The van der Waals surface area contributed by atoms with Crippen LogP contribution in [0, 0.1) is 5.92 Å². The molecule has 0 radical (unpaired) electrons. The van der Waals surface area contributed by atoms with Gasteiger partial charge in [0, 0.05) is 24.3 Å². The Morgan fingerprint density at radius 3 is 2.48 bits per heavy atom. The van der Waals surface area contributed by atoms with Crippen LogP contribution < -0.4 is 10.6 Å². The van der Waals surface area contributed by atoms with Crippen molar-refractivity contribution in [3.05, 3.63) is 29.3 Å². The summed E-state index contributed by atoms with van der Waals surface area (Å²) < 4.78 is 38.5. The first kappa shape index (κ1) is 16.1. The van der Waals surface area contributed by atoms with E-state index in [1.807, 2.05) is 6.92 Å². The lowest BCUT2D eigenvalue weighted by Crippen LogP contribution is -2.34. The van der Waals surface area contributed by atoms with Crippen LogP contribution in [0.5, 0.6) is 0 Å². The van der Waals surface area contributed by atoms with Gasteiger partial charge in [-0.3, -0.25) is 0 Å². The van der Waals surface area contributed by atoms with Crippen molar-refractivity contribution >= 4 is 22.9 Å². The van der Waals surface area contributed by atoms with Crippen LogP contribution in [0.25, 0.3) is 0 Å². The fourth-order valence-corrected chi connectivity index (χ4v) is 2.73. The van der Waals surface area contributed by atoms with Gasteiger partial charge in [-0.15, -0.1) is 0 Å². The maximum atomic E-state index is 12.8. The minimum Gasteiger partial charge on any atom is -0.389 e. The number of nitrogens with zero attached hydrogens (tertiary/aromatic N) is 1. The van der Waals surface area contributed by atoms with Crippen LogP contribution in [0.4, 0.5) is 18.9 Å². The zero-order valence-corrected chi connectivity index (χ0v) is 12.7. The quantitative estimate of drug-likeness (QED) is 0.834. The summed E-state index contributed by atoms with van der Waals surface area (Å²) in [6, 6.07) is 3.64. The van der Waals surface area contributed by atoms with Crippen LogP contribution in [0.2, 0.25) is 0 Å². The van der Waals surface area contributed by atoms with Gasteiger partial charge >= 0.3 is 6.18 Å². The molecule has 2 N–H and O–H groups in total. The maximum absolute atomic E-state index is 12.8. The molecule has 1 aliphatic rings. The molecule has 6 heteroatoms. The van der Waals surface area contributed by atoms with Crippen LogP contribution in [-0.4, -0.2) is 18.1 Å². The van der Waals surface area contributed by atoms with E-state index in [0.29, 0.717) is 17.2 Å². The van der Waals surface area contributed by atoms with E-state index in [4.69, 9.17) is 18.0 Å². The largest absolute Gasteiger partial charge is 0.416 e. The standard InChI is InChI=1S/C15H19F3N2S/c1-2-20(9-10-4-3-5-10)13-7-6-11(15(16,17)18)8-12(13)14(19)21/h6-8,10H,2-5,9H2,1H3,(H2,19,21). The predicted octanol–water partition coefficient (Wildman–Crippen LogP) is 3.97. The summed E-state index contributed by atoms with van der Waals surface area (Å²) in [5.74, 6) is 0.617. The molecule has 1 fully saturated rings. The van der Waals surface area contributed by atoms with Gasteiger partial charge in [0.25, 0.3) is 0 Å². The fraction of sp³-hybridized carbons (Fsp3) is 0.533. The number of nitrogens with two attached hydrogens (primary N) is 1. The Bertz CT molecular complexity index is 524. The third-order valence-corrected chi connectivity index (χ3v) is 4.23. The molecule has 1 aliphatic carbocycles. The van der Waals surface area contributed by atoms with Crippen LogP contribution in [0.1, 0.15) is 37.3 Å². The Morgan fingerprint density at radius 1 is 1.38 bits per heavy atom. The first-order valence-corrected chi connectivity index (χ1v) is 7.49. The number of thiocarbonyl (C=S) groups is 1. The highest BCUT2D eigenvalue weighted by Gasteiger charge is 2.32. The van der Waals surface area contributed by atoms with Gasteiger partial charge in [0.15, 0.2) is 0 Å². The first-order chi connectivity index (χ1) is 9.82. The van der Waals surface area contributed by atoms with Crippen molar-refractivity contribution in [3.8, 4) is 0 Å². The van der Waals surface area contributed by atoms with Crippen LogP contribution in [-0.2, 0) is 6.18 Å². The molecule has 0 unspecified atom stereocenters.